The van der Waals surface area contributed by atoms with Crippen LogP contribution in [-0.2, 0) is 4.74 Å². The number of hydrogen-bond donors (Lipinski definition) is 2. The minimum Gasteiger partial charge on any atom is -0.381 e. The van der Waals surface area contributed by atoms with Crippen molar-refractivity contribution in [3.8, 4) is 22.5 Å². The van der Waals surface area contributed by atoms with Crippen molar-refractivity contribution in [3.05, 3.63) is 67.0 Å². The molecule has 0 atom stereocenters. The van der Waals surface area contributed by atoms with Crippen LogP contribution in [-0.4, -0.2) is 49.1 Å². The van der Waals surface area contributed by atoms with Gasteiger partial charge in [-0.05, 0) is 31.0 Å². The predicted octanol–water partition coefficient (Wildman–Crippen LogP) is 3.33. The van der Waals surface area contributed by atoms with Crippen molar-refractivity contribution in [1.82, 2.24) is 29.9 Å². The molecule has 4 aromatic rings. The number of aromatic nitrogens is 6. The molecule has 0 bridgehead atoms. The molecular weight excluding hydrogens is 394 g/mol. The van der Waals surface area contributed by atoms with E-state index >= 15 is 0 Å². The van der Waals surface area contributed by atoms with Crippen molar-refractivity contribution in [2.75, 3.05) is 18.5 Å². The van der Waals surface area contributed by atoms with Gasteiger partial charge in [0.25, 0.3) is 5.91 Å². The highest BCUT2D eigenvalue weighted by atomic mass is 16.5. The van der Waals surface area contributed by atoms with Crippen molar-refractivity contribution in [1.29, 1.82) is 0 Å². The number of anilines is 1. The van der Waals surface area contributed by atoms with Gasteiger partial charge in [-0.15, -0.1) is 0 Å². The number of ether oxygens (including phenoxy) is 1. The van der Waals surface area contributed by atoms with Crippen molar-refractivity contribution in [2.45, 2.75) is 18.9 Å². The van der Waals surface area contributed by atoms with Gasteiger partial charge < -0.3 is 10.1 Å². The number of carbonyl (C=O) groups is 1. The summed E-state index contributed by atoms with van der Waals surface area (Å²) in [6, 6.07) is 9.49. The molecule has 0 spiro atoms. The van der Waals surface area contributed by atoms with Crippen molar-refractivity contribution < 1.29 is 9.53 Å². The average molecular weight is 415 g/mol. The van der Waals surface area contributed by atoms with Gasteiger partial charge in [-0.1, -0.05) is 12.1 Å². The summed E-state index contributed by atoms with van der Waals surface area (Å²) < 4.78 is 7.39. The fraction of sp³-hybridized carbons (Fsp3) is 0.227. The molecule has 0 unspecified atom stereocenters. The first-order valence-corrected chi connectivity index (χ1v) is 10.1. The highest BCUT2D eigenvalue weighted by Crippen LogP contribution is 2.30. The second kappa shape index (κ2) is 8.49. The summed E-state index contributed by atoms with van der Waals surface area (Å²) in [5.41, 5.74) is 3.72. The van der Waals surface area contributed by atoms with E-state index in [0.717, 1.165) is 18.4 Å². The first-order valence-electron chi connectivity index (χ1n) is 10.1. The largest absolute Gasteiger partial charge is 0.381 e. The van der Waals surface area contributed by atoms with Crippen LogP contribution in [0.1, 0.15) is 29.4 Å². The molecule has 31 heavy (non-hydrogen) atoms. The molecule has 0 aliphatic carbocycles. The molecule has 4 aromatic heterocycles. The van der Waals surface area contributed by atoms with Crippen LogP contribution in [0.4, 0.5) is 5.69 Å². The fourth-order valence-electron chi connectivity index (χ4n) is 3.71. The monoisotopic (exact) mass is 415 g/mol. The third-order valence-corrected chi connectivity index (χ3v) is 5.28. The first kappa shape index (κ1) is 19.1. The summed E-state index contributed by atoms with van der Waals surface area (Å²) in [5.74, 6) is -0.319. The maximum atomic E-state index is 13.2. The maximum Gasteiger partial charge on any atom is 0.275 e. The first-order chi connectivity index (χ1) is 15.3. The maximum absolute atomic E-state index is 13.2. The third kappa shape index (κ3) is 3.95. The Balaban J connectivity index is 1.50. The molecule has 0 radical (unpaired) electrons. The normalized spacial score (nSPS) is 14.5. The van der Waals surface area contributed by atoms with Crippen molar-refractivity contribution in [3.63, 3.8) is 0 Å². The van der Waals surface area contributed by atoms with E-state index in [1.54, 1.807) is 30.9 Å². The van der Waals surface area contributed by atoms with E-state index < -0.39 is 0 Å². The number of nitrogens with one attached hydrogen (secondary N) is 2. The zero-order valence-electron chi connectivity index (χ0n) is 16.7. The Bertz CT molecular complexity index is 1170. The Morgan fingerprint density at radius 2 is 2.00 bits per heavy atom. The second-order valence-electron chi connectivity index (χ2n) is 7.27. The van der Waals surface area contributed by atoms with Gasteiger partial charge in [0.1, 0.15) is 11.4 Å². The van der Waals surface area contributed by atoms with E-state index in [1.165, 1.54) is 0 Å². The van der Waals surface area contributed by atoms with E-state index in [4.69, 9.17) is 9.84 Å². The molecule has 1 aliphatic rings. The molecule has 1 aliphatic heterocycles. The molecule has 9 heteroatoms. The molecular formula is C22H21N7O2. The fourth-order valence-corrected chi connectivity index (χ4v) is 3.71. The highest BCUT2D eigenvalue weighted by molar-refractivity contribution is 6.08. The summed E-state index contributed by atoms with van der Waals surface area (Å²) >= 11 is 0. The minimum atomic E-state index is -0.319. The molecule has 0 aromatic carbocycles. The molecule has 156 valence electrons. The molecule has 1 amide bonds. The van der Waals surface area contributed by atoms with Crippen LogP contribution in [0.15, 0.2) is 61.3 Å². The average Bonchev–Trinajstić information content (AvgIpc) is 3.51. The van der Waals surface area contributed by atoms with Gasteiger partial charge in [-0.25, -0.2) is 0 Å². The number of carbonyl (C=O) groups excluding carboxylic acids is 1. The Morgan fingerprint density at radius 1 is 1.13 bits per heavy atom. The highest BCUT2D eigenvalue weighted by Gasteiger charge is 2.23. The number of rotatable bonds is 5. The van der Waals surface area contributed by atoms with Crippen LogP contribution >= 0.6 is 0 Å². The molecule has 1 fully saturated rings. The predicted molar refractivity (Wildman–Crippen MR) is 114 cm³/mol. The number of hydrogen-bond acceptors (Lipinski definition) is 6. The van der Waals surface area contributed by atoms with Crippen LogP contribution in [0.5, 0.6) is 0 Å². The number of amides is 1. The topological polar surface area (TPSA) is 111 Å². The summed E-state index contributed by atoms with van der Waals surface area (Å²) in [6.07, 6.45) is 10.3. The van der Waals surface area contributed by atoms with Crippen LogP contribution in [0.3, 0.4) is 0 Å². The second-order valence-corrected chi connectivity index (χ2v) is 7.27. The van der Waals surface area contributed by atoms with E-state index in [1.807, 2.05) is 35.1 Å². The molecule has 1 saturated heterocycles. The third-order valence-electron chi connectivity index (χ3n) is 5.28. The van der Waals surface area contributed by atoms with Crippen LogP contribution in [0, 0.1) is 0 Å². The number of pyridine rings is 2. The van der Waals surface area contributed by atoms with Gasteiger partial charge >= 0.3 is 0 Å². The van der Waals surface area contributed by atoms with Gasteiger partial charge in [-0.3, -0.25) is 24.5 Å². The van der Waals surface area contributed by atoms with Gasteiger partial charge in [0, 0.05) is 49.1 Å². The summed E-state index contributed by atoms with van der Waals surface area (Å²) in [7, 11) is 0. The molecule has 0 saturated carbocycles. The van der Waals surface area contributed by atoms with Crippen LogP contribution in [0.2, 0.25) is 0 Å². The van der Waals surface area contributed by atoms with Gasteiger partial charge in [0.05, 0.1) is 23.6 Å². The minimum absolute atomic E-state index is 0.221. The number of H-pyrrole nitrogens is 1. The number of aromatic amines is 1. The summed E-state index contributed by atoms with van der Waals surface area (Å²) in [6.45, 7) is 1.40. The van der Waals surface area contributed by atoms with Crippen molar-refractivity contribution >= 4 is 11.6 Å². The number of nitrogens with zero attached hydrogens (tertiary/aromatic N) is 5. The van der Waals surface area contributed by atoms with E-state index in [-0.39, 0.29) is 11.9 Å². The smallest absolute Gasteiger partial charge is 0.275 e. The molecule has 2 N–H and O–H groups in total. The molecule has 5 heterocycles. The van der Waals surface area contributed by atoms with Crippen LogP contribution in [0.25, 0.3) is 22.5 Å². The standard InChI is InChI=1S/C22H21N7O2/c30-22(20-17(4-3-9-24-20)15-12-25-26-13-15)27-19-14-29(16-6-10-31-11-7-16)28-21(19)18-5-1-2-8-23-18/h1-5,8-9,12-14,16H,6-7,10-11H2,(H,25,26)(H,27,30). The van der Waals surface area contributed by atoms with E-state index in [0.29, 0.717) is 41.5 Å². The lowest BCUT2D eigenvalue weighted by Gasteiger charge is -2.22. The lowest BCUT2D eigenvalue weighted by Crippen LogP contribution is -2.20. The zero-order valence-corrected chi connectivity index (χ0v) is 16.7. The Kier molecular flexibility index (Phi) is 5.24. The van der Waals surface area contributed by atoms with Crippen molar-refractivity contribution in [2.24, 2.45) is 0 Å². The summed E-state index contributed by atoms with van der Waals surface area (Å²) in [4.78, 5) is 22.0. The molecule has 5 rings (SSSR count). The van der Waals surface area contributed by atoms with Crippen LogP contribution < -0.4 is 5.32 Å². The summed E-state index contributed by atoms with van der Waals surface area (Å²) in [5, 5.41) is 14.5. The van der Waals surface area contributed by atoms with E-state index in [2.05, 4.69) is 25.5 Å². The lowest BCUT2D eigenvalue weighted by atomic mass is 10.1. The van der Waals surface area contributed by atoms with Gasteiger partial charge in [-0.2, -0.15) is 10.2 Å². The Morgan fingerprint density at radius 3 is 2.77 bits per heavy atom. The zero-order chi connectivity index (χ0) is 21.0. The molecule has 9 nitrogen and oxygen atoms in total. The van der Waals surface area contributed by atoms with Gasteiger partial charge in [0.2, 0.25) is 0 Å². The van der Waals surface area contributed by atoms with E-state index in [9.17, 15) is 4.79 Å². The quantitative estimate of drug-likeness (QED) is 0.517. The Labute approximate surface area is 178 Å². The Hall–Kier alpha value is -3.85. The lowest BCUT2D eigenvalue weighted by molar-refractivity contribution is 0.0663. The SMILES string of the molecule is O=C(Nc1cn(C2CCOCC2)nc1-c1ccccn1)c1ncccc1-c1cn[nH]c1. The van der Waals surface area contributed by atoms with Gasteiger partial charge in [0.15, 0.2) is 0 Å².